The van der Waals surface area contributed by atoms with Gasteiger partial charge in [-0.15, -0.1) is 16.9 Å². The standard InChI is InChI=1S/C6H8N2S/c1-5-3-4-6(9-2)8-7-5/h3-4H,1-2H3. The van der Waals surface area contributed by atoms with E-state index in [-0.39, 0.29) is 0 Å². The predicted molar refractivity (Wildman–Crippen MR) is 38.6 cm³/mol. The summed E-state index contributed by atoms with van der Waals surface area (Å²) >= 11 is 1.60. The maximum absolute atomic E-state index is 3.91. The van der Waals surface area contributed by atoms with Crippen LogP contribution in [-0.2, 0) is 0 Å². The Morgan fingerprint density at radius 2 is 2.11 bits per heavy atom. The van der Waals surface area contributed by atoms with Crippen molar-refractivity contribution in [2.75, 3.05) is 6.26 Å². The van der Waals surface area contributed by atoms with E-state index in [1.54, 1.807) is 11.8 Å². The van der Waals surface area contributed by atoms with Gasteiger partial charge in [-0.2, -0.15) is 5.10 Å². The van der Waals surface area contributed by atoms with Crippen molar-refractivity contribution in [1.82, 2.24) is 10.2 Å². The summed E-state index contributed by atoms with van der Waals surface area (Å²) < 4.78 is 0. The van der Waals surface area contributed by atoms with E-state index in [0.717, 1.165) is 10.7 Å². The monoisotopic (exact) mass is 140 g/mol. The first-order valence-corrected chi connectivity index (χ1v) is 3.90. The third-order valence-electron chi connectivity index (χ3n) is 0.983. The molecule has 0 saturated heterocycles. The summed E-state index contributed by atoms with van der Waals surface area (Å²) in [4.78, 5) is 0. The van der Waals surface area contributed by atoms with Gasteiger partial charge < -0.3 is 0 Å². The second-order valence-electron chi connectivity index (χ2n) is 1.72. The number of aryl methyl sites for hydroxylation is 1. The summed E-state index contributed by atoms with van der Waals surface area (Å²) in [6.45, 7) is 1.93. The van der Waals surface area contributed by atoms with Crippen LogP contribution in [0.4, 0.5) is 0 Å². The molecule has 3 heteroatoms. The zero-order valence-electron chi connectivity index (χ0n) is 5.46. The van der Waals surface area contributed by atoms with Crippen LogP contribution >= 0.6 is 11.8 Å². The van der Waals surface area contributed by atoms with Crippen LogP contribution in [0.25, 0.3) is 0 Å². The normalized spacial score (nSPS) is 9.56. The van der Waals surface area contributed by atoms with Crippen molar-refractivity contribution in [3.05, 3.63) is 17.8 Å². The van der Waals surface area contributed by atoms with Crippen molar-refractivity contribution in [3.63, 3.8) is 0 Å². The molecule has 0 spiro atoms. The third-order valence-corrected chi connectivity index (χ3v) is 1.62. The Balaban J connectivity index is 2.88. The van der Waals surface area contributed by atoms with Gasteiger partial charge in [0, 0.05) is 0 Å². The van der Waals surface area contributed by atoms with Crippen molar-refractivity contribution in [2.24, 2.45) is 0 Å². The van der Waals surface area contributed by atoms with Gasteiger partial charge >= 0.3 is 0 Å². The quantitative estimate of drug-likeness (QED) is 0.553. The molecule has 1 aromatic rings. The van der Waals surface area contributed by atoms with E-state index >= 15 is 0 Å². The molecule has 0 amide bonds. The number of rotatable bonds is 1. The van der Waals surface area contributed by atoms with Crippen LogP contribution in [0.2, 0.25) is 0 Å². The molecule has 0 bridgehead atoms. The average molecular weight is 140 g/mol. The second kappa shape index (κ2) is 2.82. The Bertz CT molecular complexity index is 183. The molecule has 0 fully saturated rings. The van der Waals surface area contributed by atoms with Gasteiger partial charge in [-0.25, -0.2) is 0 Å². The molecule has 0 N–H and O–H groups in total. The Labute approximate surface area is 58.7 Å². The minimum Gasteiger partial charge on any atom is -0.155 e. The molecular weight excluding hydrogens is 132 g/mol. The summed E-state index contributed by atoms with van der Waals surface area (Å²) in [5, 5.41) is 8.76. The molecule has 0 aliphatic rings. The number of hydrogen-bond acceptors (Lipinski definition) is 3. The molecule has 1 heterocycles. The number of hydrogen-bond donors (Lipinski definition) is 0. The molecule has 48 valence electrons. The molecule has 1 rings (SSSR count). The van der Waals surface area contributed by atoms with Gasteiger partial charge in [0.15, 0.2) is 0 Å². The van der Waals surface area contributed by atoms with Gasteiger partial charge in [-0.3, -0.25) is 0 Å². The molecule has 0 aliphatic heterocycles. The molecule has 2 nitrogen and oxygen atoms in total. The first kappa shape index (κ1) is 6.55. The fourth-order valence-electron chi connectivity index (χ4n) is 0.496. The Hall–Kier alpha value is -0.570. The Kier molecular flexibility index (Phi) is 2.05. The Morgan fingerprint density at radius 3 is 2.56 bits per heavy atom. The van der Waals surface area contributed by atoms with Gasteiger partial charge in [0.25, 0.3) is 0 Å². The van der Waals surface area contributed by atoms with Crippen molar-refractivity contribution in [1.29, 1.82) is 0 Å². The summed E-state index contributed by atoms with van der Waals surface area (Å²) in [5.74, 6) is 0. The van der Waals surface area contributed by atoms with Crippen molar-refractivity contribution < 1.29 is 0 Å². The van der Waals surface area contributed by atoms with E-state index in [2.05, 4.69) is 10.2 Å². The largest absolute Gasteiger partial charge is 0.155 e. The van der Waals surface area contributed by atoms with E-state index < -0.39 is 0 Å². The molecule has 0 aliphatic carbocycles. The van der Waals surface area contributed by atoms with Gasteiger partial charge in [-0.05, 0) is 25.3 Å². The maximum Gasteiger partial charge on any atom is 0.119 e. The van der Waals surface area contributed by atoms with Gasteiger partial charge in [-0.1, -0.05) is 0 Å². The van der Waals surface area contributed by atoms with E-state index in [1.807, 2.05) is 25.3 Å². The number of thioether (sulfide) groups is 1. The van der Waals surface area contributed by atoms with Gasteiger partial charge in [0.2, 0.25) is 0 Å². The van der Waals surface area contributed by atoms with Crippen LogP contribution in [0.3, 0.4) is 0 Å². The lowest BCUT2D eigenvalue weighted by Crippen LogP contribution is -1.85. The lowest BCUT2D eigenvalue weighted by molar-refractivity contribution is 0.897. The summed E-state index contributed by atoms with van der Waals surface area (Å²) in [6, 6.07) is 3.92. The van der Waals surface area contributed by atoms with Crippen LogP contribution in [-0.4, -0.2) is 16.5 Å². The SMILES string of the molecule is CSc1ccc(C)nn1. The minimum absolute atomic E-state index is 0.966. The van der Waals surface area contributed by atoms with Crippen molar-refractivity contribution >= 4 is 11.8 Å². The number of aromatic nitrogens is 2. The van der Waals surface area contributed by atoms with Crippen LogP contribution in [0, 0.1) is 6.92 Å². The van der Waals surface area contributed by atoms with Crippen molar-refractivity contribution in [3.8, 4) is 0 Å². The second-order valence-corrected chi connectivity index (χ2v) is 2.54. The molecule has 0 radical (unpaired) electrons. The van der Waals surface area contributed by atoms with Crippen LogP contribution in [0.15, 0.2) is 17.2 Å². The highest BCUT2D eigenvalue weighted by Crippen LogP contribution is 2.07. The topological polar surface area (TPSA) is 25.8 Å². The van der Waals surface area contributed by atoms with E-state index in [4.69, 9.17) is 0 Å². The highest BCUT2D eigenvalue weighted by molar-refractivity contribution is 7.98. The van der Waals surface area contributed by atoms with Crippen LogP contribution in [0.5, 0.6) is 0 Å². The summed E-state index contributed by atoms with van der Waals surface area (Å²) in [6.07, 6.45) is 1.99. The molecule has 1 aromatic heterocycles. The highest BCUT2D eigenvalue weighted by atomic mass is 32.2. The number of nitrogens with zero attached hydrogens (tertiary/aromatic N) is 2. The molecule has 0 saturated carbocycles. The summed E-state index contributed by atoms with van der Waals surface area (Å²) in [7, 11) is 0. The molecule has 0 aromatic carbocycles. The average Bonchev–Trinajstić information content (AvgIpc) is 1.90. The first-order chi connectivity index (χ1) is 4.33. The van der Waals surface area contributed by atoms with Crippen LogP contribution < -0.4 is 0 Å². The summed E-state index contributed by atoms with van der Waals surface area (Å²) in [5.41, 5.74) is 0.966. The van der Waals surface area contributed by atoms with E-state index in [0.29, 0.717) is 0 Å². The van der Waals surface area contributed by atoms with Gasteiger partial charge in [0.1, 0.15) is 5.03 Å². The van der Waals surface area contributed by atoms with E-state index in [1.165, 1.54) is 0 Å². The maximum atomic E-state index is 3.91. The Morgan fingerprint density at radius 1 is 1.33 bits per heavy atom. The van der Waals surface area contributed by atoms with Gasteiger partial charge in [0.05, 0.1) is 5.69 Å². The highest BCUT2D eigenvalue weighted by Gasteiger charge is 1.88. The molecule has 0 unspecified atom stereocenters. The van der Waals surface area contributed by atoms with Crippen LogP contribution in [0.1, 0.15) is 5.69 Å². The minimum atomic E-state index is 0.966. The molecule has 9 heavy (non-hydrogen) atoms. The lowest BCUT2D eigenvalue weighted by atomic mass is 10.4. The molecule has 0 atom stereocenters. The zero-order valence-corrected chi connectivity index (χ0v) is 6.27. The fraction of sp³-hybridized carbons (Fsp3) is 0.333. The van der Waals surface area contributed by atoms with Crippen molar-refractivity contribution in [2.45, 2.75) is 11.9 Å². The third kappa shape index (κ3) is 1.68. The van der Waals surface area contributed by atoms with E-state index in [9.17, 15) is 0 Å². The lowest BCUT2D eigenvalue weighted by Gasteiger charge is -1.91. The molecular formula is C6H8N2S. The smallest absolute Gasteiger partial charge is 0.119 e. The zero-order chi connectivity index (χ0) is 6.69. The first-order valence-electron chi connectivity index (χ1n) is 2.67. The fourth-order valence-corrected chi connectivity index (χ4v) is 0.822. The predicted octanol–water partition coefficient (Wildman–Crippen LogP) is 1.51.